The largest absolute Gasteiger partial charge is 0.481 e. The third kappa shape index (κ3) is 4.14. The van der Waals surface area contributed by atoms with Gasteiger partial charge in [0, 0.05) is 47.1 Å². The molecule has 0 saturated carbocycles. The lowest BCUT2D eigenvalue weighted by molar-refractivity contribution is -0.137. The van der Waals surface area contributed by atoms with Crippen LogP contribution in [-0.2, 0) is 17.8 Å². The van der Waals surface area contributed by atoms with Crippen LogP contribution in [0.3, 0.4) is 0 Å². The van der Waals surface area contributed by atoms with E-state index in [4.69, 9.17) is 16.7 Å². The third-order valence-electron chi connectivity index (χ3n) is 4.44. The predicted octanol–water partition coefficient (Wildman–Crippen LogP) is 4.98. The van der Waals surface area contributed by atoms with E-state index < -0.39 is 5.97 Å². The summed E-state index contributed by atoms with van der Waals surface area (Å²) < 4.78 is 2.04. The molecule has 0 aliphatic carbocycles. The highest BCUT2D eigenvalue weighted by atomic mass is 35.5. The van der Waals surface area contributed by atoms with Gasteiger partial charge in [-0.3, -0.25) is 9.59 Å². The molecule has 0 unspecified atom stereocenters. The average molecular weight is 370 g/mol. The number of para-hydroxylation sites is 1. The van der Waals surface area contributed by atoms with Crippen molar-refractivity contribution in [3.63, 3.8) is 0 Å². The molecule has 1 aromatic heterocycles. The number of carbonyl (C=O) groups is 2. The number of benzene rings is 2. The first-order valence-electron chi connectivity index (χ1n) is 8.62. The van der Waals surface area contributed by atoms with Crippen LogP contribution in [0.1, 0.15) is 35.2 Å². The maximum Gasteiger partial charge on any atom is 0.303 e. The smallest absolute Gasteiger partial charge is 0.303 e. The molecule has 3 rings (SSSR count). The fourth-order valence-corrected chi connectivity index (χ4v) is 3.32. The fraction of sp³-hybridized carbons (Fsp3) is 0.238. The van der Waals surface area contributed by atoms with Gasteiger partial charge >= 0.3 is 5.97 Å². The topological polar surface area (TPSA) is 59.3 Å². The molecule has 0 fully saturated rings. The second kappa shape index (κ2) is 8.19. The predicted molar refractivity (Wildman–Crippen MR) is 103 cm³/mol. The Balaban J connectivity index is 1.83. The number of aromatic nitrogens is 1. The SMILES string of the molecule is O=C(O)CCCCn1cc(C(=O)Cc2ccccc2Cl)c2ccccc21. The highest BCUT2D eigenvalue weighted by molar-refractivity contribution is 6.31. The van der Waals surface area contributed by atoms with Gasteiger partial charge in [0.05, 0.1) is 0 Å². The number of carbonyl (C=O) groups excluding carboxylic acids is 1. The zero-order valence-corrected chi connectivity index (χ0v) is 15.1. The fourth-order valence-electron chi connectivity index (χ4n) is 3.12. The molecule has 1 heterocycles. The van der Waals surface area contributed by atoms with Crippen LogP contribution >= 0.6 is 11.6 Å². The lowest BCUT2D eigenvalue weighted by Gasteiger charge is -2.04. The molecule has 134 valence electrons. The molecular weight excluding hydrogens is 350 g/mol. The maximum absolute atomic E-state index is 12.9. The number of hydrogen-bond donors (Lipinski definition) is 1. The number of unbranched alkanes of at least 4 members (excludes halogenated alkanes) is 1. The monoisotopic (exact) mass is 369 g/mol. The molecule has 0 amide bonds. The number of carboxylic acid groups (broad SMARTS) is 1. The number of hydrogen-bond acceptors (Lipinski definition) is 2. The van der Waals surface area contributed by atoms with Crippen LogP contribution in [-0.4, -0.2) is 21.4 Å². The minimum atomic E-state index is -0.780. The van der Waals surface area contributed by atoms with Gasteiger partial charge in [-0.25, -0.2) is 0 Å². The molecule has 0 aliphatic heterocycles. The van der Waals surface area contributed by atoms with E-state index in [-0.39, 0.29) is 18.6 Å². The van der Waals surface area contributed by atoms with Crippen LogP contribution in [0, 0.1) is 0 Å². The summed E-state index contributed by atoms with van der Waals surface area (Å²) in [5.74, 6) is -0.753. The van der Waals surface area contributed by atoms with Crippen molar-refractivity contribution in [3.8, 4) is 0 Å². The first-order chi connectivity index (χ1) is 12.6. The van der Waals surface area contributed by atoms with Crippen molar-refractivity contribution in [2.24, 2.45) is 0 Å². The Bertz CT molecular complexity index is 945. The van der Waals surface area contributed by atoms with Crippen LogP contribution in [0.15, 0.2) is 54.7 Å². The van der Waals surface area contributed by atoms with Crippen molar-refractivity contribution in [1.82, 2.24) is 4.57 Å². The van der Waals surface area contributed by atoms with Crippen LogP contribution < -0.4 is 0 Å². The maximum atomic E-state index is 12.9. The summed E-state index contributed by atoms with van der Waals surface area (Å²) >= 11 is 6.18. The number of nitrogens with zero attached hydrogens (tertiary/aromatic N) is 1. The lowest BCUT2D eigenvalue weighted by atomic mass is 10.0. The van der Waals surface area contributed by atoms with Crippen LogP contribution in [0.25, 0.3) is 10.9 Å². The summed E-state index contributed by atoms with van der Waals surface area (Å²) in [6, 6.07) is 15.2. The standard InChI is InChI=1S/C21H20ClNO3/c22-18-9-3-1-7-15(18)13-20(24)17-14-23(12-6-5-11-21(25)26)19-10-4-2-8-16(17)19/h1-4,7-10,14H,5-6,11-13H2,(H,25,26). The number of ketones is 1. The molecule has 1 N–H and O–H groups in total. The van der Waals surface area contributed by atoms with Crippen LogP contribution in [0.5, 0.6) is 0 Å². The first-order valence-corrected chi connectivity index (χ1v) is 9.00. The molecule has 0 saturated heterocycles. The minimum Gasteiger partial charge on any atom is -0.481 e. The number of rotatable bonds is 8. The van der Waals surface area contributed by atoms with Gasteiger partial charge in [0.25, 0.3) is 0 Å². The van der Waals surface area contributed by atoms with E-state index in [0.717, 1.165) is 22.9 Å². The van der Waals surface area contributed by atoms with Gasteiger partial charge in [0.15, 0.2) is 5.78 Å². The van der Waals surface area contributed by atoms with E-state index in [1.54, 1.807) is 6.07 Å². The molecule has 0 radical (unpaired) electrons. The quantitative estimate of drug-likeness (QED) is 0.450. The Morgan fingerprint density at radius 3 is 2.50 bits per heavy atom. The van der Waals surface area contributed by atoms with Gasteiger partial charge in [-0.15, -0.1) is 0 Å². The molecule has 26 heavy (non-hydrogen) atoms. The lowest BCUT2D eigenvalue weighted by Crippen LogP contribution is -2.04. The molecule has 0 aliphatic rings. The number of Topliss-reactive ketones (excluding diaryl/α,β-unsaturated/α-hetero) is 1. The van der Waals surface area contributed by atoms with E-state index in [9.17, 15) is 9.59 Å². The van der Waals surface area contributed by atoms with Gasteiger partial charge in [0.1, 0.15) is 0 Å². The molecule has 0 bridgehead atoms. The normalized spacial score (nSPS) is 11.0. The zero-order chi connectivity index (χ0) is 18.5. The number of halogens is 1. The van der Waals surface area contributed by atoms with Crippen LogP contribution in [0.2, 0.25) is 5.02 Å². The minimum absolute atomic E-state index is 0.0265. The molecule has 3 aromatic rings. The number of aryl methyl sites for hydroxylation is 1. The second-order valence-corrected chi connectivity index (χ2v) is 6.70. The summed E-state index contributed by atoms with van der Waals surface area (Å²) in [4.78, 5) is 23.5. The zero-order valence-electron chi connectivity index (χ0n) is 14.3. The molecule has 5 heteroatoms. The summed E-state index contributed by atoms with van der Waals surface area (Å²) in [5, 5.41) is 10.3. The van der Waals surface area contributed by atoms with Crippen molar-refractivity contribution in [2.75, 3.05) is 0 Å². The second-order valence-electron chi connectivity index (χ2n) is 6.30. The average Bonchev–Trinajstić information content (AvgIpc) is 2.99. The summed E-state index contributed by atoms with van der Waals surface area (Å²) in [6.45, 7) is 0.688. The van der Waals surface area contributed by atoms with Crippen molar-refractivity contribution in [2.45, 2.75) is 32.2 Å². The Morgan fingerprint density at radius 1 is 1.00 bits per heavy atom. The van der Waals surface area contributed by atoms with Crippen molar-refractivity contribution < 1.29 is 14.7 Å². The Kier molecular flexibility index (Phi) is 5.74. The molecule has 0 spiro atoms. The number of aliphatic carboxylic acids is 1. The third-order valence-corrected chi connectivity index (χ3v) is 4.81. The summed E-state index contributed by atoms with van der Waals surface area (Å²) in [5.41, 5.74) is 2.49. The van der Waals surface area contributed by atoms with Gasteiger partial charge in [0.2, 0.25) is 0 Å². The Labute approximate surface area is 157 Å². The molecule has 0 atom stereocenters. The van der Waals surface area contributed by atoms with Crippen molar-refractivity contribution >= 4 is 34.3 Å². The van der Waals surface area contributed by atoms with E-state index in [1.165, 1.54) is 0 Å². The molecule has 4 nitrogen and oxygen atoms in total. The van der Waals surface area contributed by atoms with Gasteiger partial charge in [-0.05, 0) is 30.5 Å². The molecular formula is C21H20ClNO3. The van der Waals surface area contributed by atoms with E-state index in [2.05, 4.69) is 0 Å². The van der Waals surface area contributed by atoms with Gasteiger partial charge in [-0.2, -0.15) is 0 Å². The Morgan fingerprint density at radius 2 is 1.73 bits per heavy atom. The van der Waals surface area contributed by atoms with E-state index in [1.807, 2.05) is 53.2 Å². The van der Waals surface area contributed by atoms with Crippen LogP contribution in [0.4, 0.5) is 0 Å². The highest BCUT2D eigenvalue weighted by Gasteiger charge is 2.16. The summed E-state index contributed by atoms with van der Waals surface area (Å²) in [6.07, 6.45) is 3.67. The summed E-state index contributed by atoms with van der Waals surface area (Å²) in [7, 11) is 0. The van der Waals surface area contributed by atoms with E-state index in [0.29, 0.717) is 23.6 Å². The first kappa shape index (κ1) is 18.2. The van der Waals surface area contributed by atoms with E-state index >= 15 is 0 Å². The molecule has 2 aromatic carbocycles. The highest BCUT2D eigenvalue weighted by Crippen LogP contribution is 2.25. The van der Waals surface area contributed by atoms with Crippen molar-refractivity contribution in [1.29, 1.82) is 0 Å². The number of fused-ring (bicyclic) bond motifs is 1. The number of carboxylic acids is 1. The van der Waals surface area contributed by atoms with Crippen molar-refractivity contribution in [3.05, 3.63) is 70.9 Å². The van der Waals surface area contributed by atoms with Gasteiger partial charge < -0.3 is 9.67 Å². The van der Waals surface area contributed by atoms with Gasteiger partial charge in [-0.1, -0.05) is 48.0 Å². The Hall–Kier alpha value is -2.59.